The van der Waals surface area contributed by atoms with E-state index >= 15 is 0 Å². The summed E-state index contributed by atoms with van der Waals surface area (Å²) >= 11 is 11.9. The van der Waals surface area contributed by atoms with E-state index in [9.17, 15) is 50.5 Å². The van der Waals surface area contributed by atoms with E-state index in [2.05, 4.69) is 5.10 Å². The van der Waals surface area contributed by atoms with Gasteiger partial charge < -0.3 is 15.1 Å². The first-order valence-electron chi connectivity index (χ1n) is 12.9. The Hall–Kier alpha value is -2.58. The van der Waals surface area contributed by atoms with Crippen LogP contribution in [0.4, 0.5) is 30.7 Å². The van der Waals surface area contributed by atoms with Crippen molar-refractivity contribution in [3.8, 4) is 0 Å². The molecule has 1 heterocycles. The van der Waals surface area contributed by atoms with Crippen molar-refractivity contribution in [2.45, 2.75) is 69.9 Å². The summed E-state index contributed by atoms with van der Waals surface area (Å²) in [7, 11) is 0. The largest absolute Gasteiger partial charge is 0.481 e. The highest BCUT2D eigenvalue weighted by molar-refractivity contribution is 6.36. The van der Waals surface area contributed by atoms with Gasteiger partial charge in [0.2, 0.25) is 0 Å². The van der Waals surface area contributed by atoms with Crippen molar-refractivity contribution in [2.75, 3.05) is 13.1 Å². The zero-order valence-electron chi connectivity index (χ0n) is 22.0. The highest BCUT2D eigenvalue weighted by Crippen LogP contribution is 2.58. The van der Waals surface area contributed by atoms with Gasteiger partial charge in [0.05, 0.1) is 46.3 Å². The molecule has 0 aliphatic heterocycles. The number of benzene rings is 1. The lowest BCUT2D eigenvalue weighted by Gasteiger charge is -2.35. The molecule has 2 saturated carbocycles. The minimum atomic E-state index is -5.17. The second kappa shape index (κ2) is 11.2. The molecule has 7 nitrogen and oxygen atoms in total. The number of aliphatic carboxylic acids is 1. The van der Waals surface area contributed by atoms with Gasteiger partial charge >= 0.3 is 18.3 Å². The molecule has 232 valence electrons. The smallest absolute Gasteiger partial charge is 0.433 e. The number of hydrogen-bond acceptors (Lipinski definition) is 4. The molecule has 0 bridgehead atoms. The quantitative estimate of drug-likeness (QED) is 0.236. The van der Waals surface area contributed by atoms with Gasteiger partial charge in [0.15, 0.2) is 5.69 Å². The van der Waals surface area contributed by atoms with E-state index < -0.39 is 101 Å². The van der Waals surface area contributed by atoms with Crippen LogP contribution in [0.1, 0.15) is 79.2 Å². The Morgan fingerprint density at radius 2 is 1.71 bits per heavy atom. The first-order chi connectivity index (χ1) is 19.3. The summed E-state index contributed by atoms with van der Waals surface area (Å²) in [4.78, 5) is 25.6. The number of carboxylic acid groups (broad SMARTS) is 1. The van der Waals surface area contributed by atoms with Crippen LogP contribution in [-0.4, -0.2) is 56.0 Å². The summed E-state index contributed by atoms with van der Waals surface area (Å²) in [6, 6.07) is 0.974. The molecule has 1 atom stereocenters. The van der Waals surface area contributed by atoms with Gasteiger partial charge in [-0.2, -0.15) is 31.4 Å². The predicted octanol–water partition coefficient (Wildman–Crippen LogP) is 7.07. The van der Waals surface area contributed by atoms with Crippen molar-refractivity contribution in [1.29, 1.82) is 0 Å². The Balaban J connectivity index is 1.72. The molecule has 1 aromatic heterocycles. The van der Waals surface area contributed by atoms with Gasteiger partial charge in [0, 0.05) is 17.1 Å². The SMILES string of the molecule is CC1(C(=O)O)CCC(n2ncc(C(=O)N(CC(O)c3c(Cl)ccc(F)c3Cl)CC3(C(F)(F)F)CC3)c2C(F)(F)F)CC1. The second-order valence-electron chi connectivity index (χ2n) is 11.2. The zero-order valence-corrected chi connectivity index (χ0v) is 23.5. The summed E-state index contributed by atoms with van der Waals surface area (Å²) in [6.45, 7) is -0.592. The van der Waals surface area contributed by atoms with Gasteiger partial charge in [-0.1, -0.05) is 23.2 Å². The number of aliphatic hydroxyl groups is 1. The van der Waals surface area contributed by atoms with Gasteiger partial charge in [-0.05, 0) is 57.6 Å². The van der Waals surface area contributed by atoms with Crippen molar-refractivity contribution in [3.63, 3.8) is 0 Å². The van der Waals surface area contributed by atoms with Crippen molar-refractivity contribution in [1.82, 2.24) is 14.7 Å². The fraction of sp³-hybridized carbons (Fsp3) is 0.577. The second-order valence-corrected chi connectivity index (χ2v) is 12.0. The van der Waals surface area contributed by atoms with Gasteiger partial charge in [0.1, 0.15) is 5.82 Å². The molecule has 2 fully saturated rings. The molecule has 0 radical (unpaired) electrons. The summed E-state index contributed by atoms with van der Waals surface area (Å²) < 4.78 is 99.4. The number of halogens is 9. The number of alkyl halides is 6. The van der Waals surface area contributed by atoms with Crippen molar-refractivity contribution >= 4 is 35.1 Å². The summed E-state index contributed by atoms with van der Waals surface area (Å²) in [6.07, 6.45) is -12.0. The van der Waals surface area contributed by atoms with Crippen LogP contribution in [-0.2, 0) is 11.0 Å². The van der Waals surface area contributed by atoms with Crippen molar-refractivity contribution in [3.05, 3.63) is 51.0 Å². The number of nitrogens with zero attached hydrogens (tertiary/aromatic N) is 3. The molecular weight excluding hydrogens is 622 g/mol. The van der Waals surface area contributed by atoms with Crippen molar-refractivity contribution < 1.29 is 50.5 Å². The third kappa shape index (κ3) is 6.07. The number of rotatable bonds is 8. The number of hydrogen-bond donors (Lipinski definition) is 2. The molecule has 1 aromatic carbocycles. The Labute approximate surface area is 245 Å². The minimum absolute atomic E-state index is 0.00261. The lowest BCUT2D eigenvalue weighted by molar-refractivity contribution is -0.190. The van der Waals surface area contributed by atoms with Crippen LogP contribution >= 0.6 is 23.2 Å². The zero-order chi connectivity index (χ0) is 31.4. The molecule has 2 aliphatic carbocycles. The fourth-order valence-electron chi connectivity index (χ4n) is 5.36. The van der Waals surface area contributed by atoms with E-state index in [1.165, 1.54) is 6.92 Å². The van der Waals surface area contributed by atoms with Crippen LogP contribution in [0.25, 0.3) is 0 Å². The average Bonchev–Trinajstić information content (AvgIpc) is 3.54. The number of aliphatic hydroxyl groups excluding tert-OH is 1. The monoisotopic (exact) mass is 647 g/mol. The lowest BCUT2D eigenvalue weighted by Crippen LogP contribution is -2.44. The maximum Gasteiger partial charge on any atom is 0.433 e. The fourth-order valence-corrected chi connectivity index (χ4v) is 5.98. The highest BCUT2D eigenvalue weighted by Gasteiger charge is 2.64. The summed E-state index contributed by atoms with van der Waals surface area (Å²) in [5.74, 6) is -3.60. The van der Waals surface area contributed by atoms with Crippen LogP contribution in [0, 0.1) is 16.6 Å². The molecule has 2 aliphatic rings. The number of carboxylic acids is 1. The van der Waals surface area contributed by atoms with E-state index in [1.54, 1.807) is 0 Å². The van der Waals surface area contributed by atoms with Gasteiger partial charge in [-0.15, -0.1) is 0 Å². The number of carbonyl (C=O) groups is 2. The average molecular weight is 648 g/mol. The molecule has 0 saturated heterocycles. The Kier molecular flexibility index (Phi) is 8.59. The topological polar surface area (TPSA) is 95.7 Å². The summed E-state index contributed by atoms with van der Waals surface area (Å²) in [5, 5.41) is 23.1. The first kappa shape index (κ1) is 32.3. The van der Waals surface area contributed by atoms with E-state index in [0.717, 1.165) is 12.1 Å². The molecule has 2 N–H and O–H groups in total. The standard InChI is InChI=1S/C26H26Cl2F7N3O4/c1-23(22(41)42)6-4-13(5-7-23)38-20(25(30,31)32)14(10-36-38)21(40)37(12-24(8-9-24)26(33,34)35)11-17(39)18-15(27)2-3-16(29)19(18)28/h2-3,10,13,17,39H,4-9,11-12H2,1H3,(H,41,42). The third-order valence-electron chi connectivity index (χ3n) is 8.26. The van der Waals surface area contributed by atoms with Crippen LogP contribution < -0.4 is 0 Å². The number of amides is 1. The molecule has 16 heteroatoms. The molecule has 1 amide bonds. The normalized spacial score (nSPS) is 23.0. The molecule has 0 spiro atoms. The Bertz CT molecular complexity index is 1370. The molecular formula is C26H26Cl2F7N3O4. The Morgan fingerprint density at radius 3 is 2.21 bits per heavy atom. The van der Waals surface area contributed by atoms with E-state index in [-0.39, 0.29) is 30.7 Å². The minimum Gasteiger partial charge on any atom is -0.481 e. The molecule has 2 aromatic rings. The van der Waals surface area contributed by atoms with Crippen LogP contribution in [0.3, 0.4) is 0 Å². The number of carbonyl (C=O) groups excluding carboxylic acids is 1. The maximum absolute atomic E-state index is 14.4. The van der Waals surface area contributed by atoms with E-state index in [0.29, 0.717) is 15.8 Å². The van der Waals surface area contributed by atoms with Gasteiger partial charge in [-0.3, -0.25) is 14.3 Å². The molecule has 4 rings (SSSR count). The molecule has 42 heavy (non-hydrogen) atoms. The van der Waals surface area contributed by atoms with Crippen LogP contribution in [0.15, 0.2) is 18.3 Å². The van der Waals surface area contributed by atoms with Crippen LogP contribution in [0.5, 0.6) is 0 Å². The molecule has 1 unspecified atom stereocenters. The third-order valence-corrected chi connectivity index (χ3v) is 8.97. The summed E-state index contributed by atoms with van der Waals surface area (Å²) in [5.41, 5.74) is -6.55. The highest BCUT2D eigenvalue weighted by atomic mass is 35.5. The number of aromatic nitrogens is 2. The van der Waals surface area contributed by atoms with Gasteiger partial charge in [-0.25, -0.2) is 4.39 Å². The van der Waals surface area contributed by atoms with E-state index in [1.807, 2.05) is 0 Å². The van der Waals surface area contributed by atoms with Gasteiger partial charge in [0.25, 0.3) is 5.91 Å². The first-order valence-corrected chi connectivity index (χ1v) is 13.6. The van der Waals surface area contributed by atoms with Crippen LogP contribution in [0.2, 0.25) is 10.0 Å². The van der Waals surface area contributed by atoms with Crippen molar-refractivity contribution in [2.24, 2.45) is 10.8 Å². The van der Waals surface area contributed by atoms with E-state index in [4.69, 9.17) is 23.2 Å². The maximum atomic E-state index is 14.4. The lowest BCUT2D eigenvalue weighted by atomic mass is 9.74. The Morgan fingerprint density at radius 1 is 1.12 bits per heavy atom. The predicted molar refractivity (Wildman–Crippen MR) is 135 cm³/mol.